The first-order chi connectivity index (χ1) is 7.84. The lowest BCUT2D eigenvalue weighted by Crippen LogP contribution is -2.10. The van der Waals surface area contributed by atoms with Crippen LogP contribution >= 0.6 is 0 Å². The average Bonchev–Trinajstić information content (AvgIpc) is 2.76. The molecule has 84 valence electrons. The van der Waals surface area contributed by atoms with Gasteiger partial charge < -0.3 is 5.73 Å². The third-order valence-corrected chi connectivity index (χ3v) is 3.43. The molecule has 0 spiro atoms. The summed E-state index contributed by atoms with van der Waals surface area (Å²) < 4.78 is 1.88. The molecule has 0 atom stereocenters. The van der Waals surface area contributed by atoms with Gasteiger partial charge in [0, 0.05) is 24.5 Å². The van der Waals surface area contributed by atoms with Gasteiger partial charge in [-0.3, -0.25) is 4.40 Å². The van der Waals surface area contributed by atoms with Crippen molar-refractivity contribution in [2.45, 2.75) is 38.0 Å². The molecule has 0 bridgehead atoms. The van der Waals surface area contributed by atoms with Gasteiger partial charge in [-0.15, -0.1) is 0 Å². The van der Waals surface area contributed by atoms with Crippen LogP contribution in [0, 0.1) is 0 Å². The van der Waals surface area contributed by atoms with Crippen LogP contribution in [0.4, 0.5) is 5.69 Å². The number of hydrogen-bond donors (Lipinski definition) is 1. The fraction of sp³-hybridized carbons (Fsp3) is 0.500. The molecule has 0 aliphatic heterocycles. The Balaban J connectivity index is 2.03. The standard InChI is InChI=1S/C12H16N4/c13-10-8-16-7-6-14-12(16)15-11(10)9-4-2-1-3-5-9/h6-9H,1-5,13H2. The minimum atomic E-state index is 0.537. The van der Waals surface area contributed by atoms with Gasteiger partial charge in [-0.25, -0.2) is 9.97 Å². The summed E-state index contributed by atoms with van der Waals surface area (Å²) in [5.41, 5.74) is 7.92. The van der Waals surface area contributed by atoms with E-state index in [1.807, 2.05) is 16.8 Å². The van der Waals surface area contributed by atoms with Crippen molar-refractivity contribution in [3.8, 4) is 0 Å². The molecule has 1 aliphatic carbocycles. The van der Waals surface area contributed by atoms with E-state index in [4.69, 9.17) is 5.73 Å². The lowest BCUT2D eigenvalue weighted by atomic mass is 9.86. The van der Waals surface area contributed by atoms with Crippen LogP contribution in [0.3, 0.4) is 0 Å². The van der Waals surface area contributed by atoms with Gasteiger partial charge in [0.2, 0.25) is 5.78 Å². The van der Waals surface area contributed by atoms with E-state index in [9.17, 15) is 0 Å². The largest absolute Gasteiger partial charge is 0.396 e. The first-order valence-electron chi connectivity index (χ1n) is 5.93. The fourth-order valence-electron chi connectivity index (χ4n) is 2.58. The first-order valence-corrected chi connectivity index (χ1v) is 5.93. The SMILES string of the molecule is Nc1cn2ccnc2nc1C1CCCCC1. The maximum absolute atomic E-state index is 6.07. The molecule has 16 heavy (non-hydrogen) atoms. The Bertz CT molecular complexity index is 497. The van der Waals surface area contributed by atoms with Crippen LogP contribution in [0.1, 0.15) is 43.7 Å². The highest BCUT2D eigenvalue weighted by Gasteiger charge is 2.19. The molecule has 2 heterocycles. The lowest BCUT2D eigenvalue weighted by molar-refractivity contribution is 0.438. The molecule has 3 rings (SSSR count). The van der Waals surface area contributed by atoms with Crippen molar-refractivity contribution < 1.29 is 0 Å². The second-order valence-electron chi connectivity index (χ2n) is 4.55. The second kappa shape index (κ2) is 3.77. The maximum Gasteiger partial charge on any atom is 0.234 e. The molecule has 0 unspecified atom stereocenters. The van der Waals surface area contributed by atoms with Crippen molar-refractivity contribution in [2.75, 3.05) is 5.73 Å². The number of fused-ring (bicyclic) bond motifs is 1. The number of aromatic nitrogens is 3. The Labute approximate surface area is 94.5 Å². The topological polar surface area (TPSA) is 56.2 Å². The molecule has 2 N–H and O–H groups in total. The van der Waals surface area contributed by atoms with E-state index in [0.717, 1.165) is 17.2 Å². The molecule has 2 aromatic heterocycles. The minimum absolute atomic E-state index is 0.537. The summed E-state index contributed by atoms with van der Waals surface area (Å²) in [6, 6.07) is 0. The van der Waals surface area contributed by atoms with Gasteiger partial charge >= 0.3 is 0 Å². The van der Waals surface area contributed by atoms with E-state index in [1.165, 1.54) is 32.1 Å². The molecule has 2 aromatic rings. The van der Waals surface area contributed by atoms with Crippen molar-refractivity contribution >= 4 is 11.5 Å². The van der Waals surface area contributed by atoms with E-state index in [2.05, 4.69) is 9.97 Å². The zero-order valence-corrected chi connectivity index (χ0v) is 9.26. The van der Waals surface area contributed by atoms with Gasteiger partial charge in [-0.2, -0.15) is 0 Å². The molecular formula is C12H16N4. The minimum Gasteiger partial charge on any atom is -0.396 e. The first kappa shape index (κ1) is 9.63. The molecular weight excluding hydrogens is 200 g/mol. The Kier molecular flexibility index (Phi) is 2.27. The van der Waals surface area contributed by atoms with E-state index < -0.39 is 0 Å². The van der Waals surface area contributed by atoms with Crippen LogP contribution in [-0.4, -0.2) is 14.4 Å². The Morgan fingerprint density at radius 2 is 2.06 bits per heavy atom. The molecule has 4 heteroatoms. The average molecular weight is 216 g/mol. The number of nitrogens with two attached hydrogens (primary N) is 1. The molecule has 1 aliphatic rings. The Hall–Kier alpha value is -1.58. The zero-order valence-electron chi connectivity index (χ0n) is 9.26. The van der Waals surface area contributed by atoms with E-state index in [-0.39, 0.29) is 0 Å². The van der Waals surface area contributed by atoms with Crippen molar-refractivity contribution in [3.63, 3.8) is 0 Å². The number of nitrogen functional groups attached to an aromatic ring is 1. The highest BCUT2D eigenvalue weighted by molar-refractivity contribution is 5.48. The summed E-state index contributed by atoms with van der Waals surface area (Å²) in [6.45, 7) is 0. The quantitative estimate of drug-likeness (QED) is 0.796. The van der Waals surface area contributed by atoms with Crippen LogP contribution in [-0.2, 0) is 0 Å². The van der Waals surface area contributed by atoms with Crippen LogP contribution in [0.25, 0.3) is 5.78 Å². The van der Waals surface area contributed by atoms with E-state index >= 15 is 0 Å². The predicted molar refractivity (Wildman–Crippen MR) is 63.2 cm³/mol. The van der Waals surface area contributed by atoms with Crippen molar-refractivity contribution in [1.82, 2.24) is 14.4 Å². The van der Waals surface area contributed by atoms with Crippen LogP contribution < -0.4 is 5.73 Å². The van der Waals surface area contributed by atoms with Crippen molar-refractivity contribution in [3.05, 3.63) is 24.3 Å². The van der Waals surface area contributed by atoms with E-state index in [1.54, 1.807) is 6.20 Å². The van der Waals surface area contributed by atoms with E-state index in [0.29, 0.717) is 5.92 Å². The second-order valence-corrected chi connectivity index (χ2v) is 4.55. The molecule has 0 saturated heterocycles. The van der Waals surface area contributed by atoms with Gasteiger partial charge in [0.25, 0.3) is 0 Å². The van der Waals surface area contributed by atoms with Gasteiger partial charge in [0.15, 0.2) is 0 Å². The third kappa shape index (κ3) is 1.54. The number of rotatable bonds is 1. The maximum atomic E-state index is 6.07. The van der Waals surface area contributed by atoms with Crippen molar-refractivity contribution in [2.24, 2.45) is 0 Å². The summed E-state index contributed by atoms with van der Waals surface area (Å²) in [4.78, 5) is 8.80. The number of nitrogens with zero attached hydrogens (tertiary/aromatic N) is 3. The van der Waals surface area contributed by atoms with Gasteiger partial charge in [-0.05, 0) is 12.8 Å². The molecule has 1 saturated carbocycles. The van der Waals surface area contributed by atoms with Crippen molar-refractivity contribution in [1.29, 1.82) is 0 Å². The zero-order chi connectivity index (χ0) is 11.0. The fourth-order valence-corrected chi connectivity index (χ4v) is 2.58. The smallest absolute Gasteiger partial charge is 0.234 e. The number of anilines is 1. The normalized spacial score (nSPS) is 18.0. The monoisotopic (exact) mass is 216 g/mol. The lowest BCUT2D eigenvalue weighted by Gasteiger charge is -2.22. The summed E-state index contributed by atoms with van der Waals surface area (Å²) in [5, 5.41) is 0. The van der Waals surface area contributed by atoms with Crippen LogP contribution in [0.5, 0.6) is 0 Å². The highest BCUT2D eigenvalue weighted by atomic mass is 15.1. The summed E-state index contributed by atoms with van der Waals surface area (Å²) >= 11 is 0. The summed E-state index contributed by atoms with van der Waals surface area (Å²) in [7, 11) is 0. The molecule has 0 aromatic carbocycles. The highest BCUT2D eigenvalue weighted by Crippen LogP contribution is 2.34. The number of hydrogen-bond acceptors (Lipinski definition) is 3. The van der Waals surface area contributed by atoms with Gasteiger partial charge in [0.1, 0.15) is 0 Å². The molecule has 0 amide bonds. The number of imidazole rings is 1. The predicted octanol–water partition coefficient (Wildman–Crippen LogP) is 2.36. The molecule has 0 radical (unpaired) electrons. The Morgan fingerprint density at radius 1 is 1.25 bits per heavy atom. The Morgan fingerprint density at radius 3 is 2.88 bits per heavy atom. The van der Waals surface area contributed by atoms with Gasteiger partial charge in [0.05, 0.1) is 11.4 Å². The third-order valence-electron chi connectivity index (χ3n) is 3.43. The van der Waals surface area contributed by atoms with Crippen LogP contribution in [0.2, 0.25) is 0 Å². The molecule has 1 fully saturated rings. The van der Waals surface area contributed by atoms with Crippen LogP contribution in [0.15, 0.2) is 18.6 Å². The summed E-state index contributed by atoms with van der Waals surface area (Å²) in [5.74, 6) is 1.30. The summed E-state index contributed by atoms with van der Waals surface area (Å²) in [6.07, 6.45) is 11.9. The molecule has 4 nitrogen and oxygen atoms in total. The van der Waals surface area contributed by atoms with Gasteiger partial charge in [-0.1, -0.05) is 19.3 Å².